The van der Waals surface area contributed by atoms with Crippen molar-refractivity contribution in [3.8, 4) is 0 Å². The molecule has 0 aliphatic carbocycles. The van der Waals surface area contributed by atoms with Gasteiger partial charge in [0.2, 0.25) is 0 Å². The Bertz CT molecular complexity index is 617. The second kappa shape index (κ2) is 8.34. The van der Waals surface area contributed by atoms with Crippen LogP contribution in [0.15, 0.2) is 24.3 Å². The standard InChI is InChI=1S/C19H28N2O4/c1-14(2)10-19(13-22)7-4-8-21(12-19)18(25)15-5-3-6-16(9-15)20-11-17(23)24/h3,5-6,9,14,20,22H,4,7-8,10-13H2,1-2H3,(H,23,24)/t19-/m0/s1. The summed E-state index contributed by atoms with van der Waals surface area (Å²) in [6, 6.07) is 6.91. The van der Waals surface area contributed by atoms with Crippen LogP contribution in [0.3, 0.4) is 0 Å². The number of hydrogen-bond acceptors (Lipinski definition) is 4. The summed E-state index contributed by atoms with van der Waals surface area (Å²) in [6.45, 7) is 5.42. The number of hydrogen-bond donors (Lipinski definition) is 3. The molecule has 0 unspecified atom stereocenters. The molecule has 0 spiro atoms. The number of likely N-dealkylation sites (tertiary alicyclic amines) is 1. The summed E-state index contributed by atoms with van der Waals surface area (Å²) in [7, 11) is 0. The lowest BCUT2D eigenvalue weighted by molar-refractivity contribution is -0.134. The molecule has 0 radical (unpaired) electrons. The van der Waals surface area contributed by atoms with Crippen LogP contribution in [-0.2, 0) is 4.79 Å². The summed E-state index contributed by atoms with van der Waals surface area (Å²) in [5, 5.41) is 21.5. The number of benzene rings is 1. The highest BCUT2D eigenvalue weighted by Crippen LogP contribution is 2.36. The van der Waals surface area contributed by atoms with Gasteiger partial charge < -0.3 is 20.4 Å². The van der Waals surface area contributed by atoms with E-state index < -0.39 is 5.97 Å². The maximum absolute atomic E-state index is 12.9. The van der Waals surface area contributed by atoms with E-state index in [1.165, 1.54) is 0 Å². The number of rotatable bonds is 7. The van der Waals surface area contributed by atoms with Gasteiger partial charge in [-0.1, -0.05) is 19.9 Å². The molecule has 1 aliphatic rings. The van der Waals surface area contributed by atoms with Crippen molar-refractivity contribution in [1.29, 1.82) is 0 Å². The first kappa shape index (κ1) is 19.2. The maximum Gasteiger partial charge on any atom is 0.322 e. The summed E-state index contributed by atoms with van der Waals surface area (Å²) in [6.07, 6.45) is 2.72. The van der Waals surface area contributed by atoms with E-state index in [0.29, 0.717) is 30.3 Å². The molecule has 6 heteroatoms. The molecular formula is C19H28N2O4. The first-order chi connectivity index (χ1) is 11.8. The molecule has 1 heterocycles. The Morgan fingerprint density at radius 1 is 1.36 bits per heavy atom. The lowest BCUT2D eigenvalue weighted by Crippen LogP contribution is -2.48. The Kier molecular flexibility index (Phi) is 6.42. The van der Waals surface area contributed by atoms with Gasteiger partial charge in [-0.15, -0.1) is 0 Å². The van der Waals surface area contributed by atoms with Crippen molar-refractivity contribution in [3.05, 3.63) is 29.8 Å². The van der Waals surface area contributed by atoms with Crippen LogP contribution in [-0.4, -0.2) is 53.2 Å². The van der Waals surface area contributed by atoms with Gasteiger partial charge in [-0.05, 0) is 43.4 Å². The fourth-order valence-electron chi connectivity index (χ4n) is 3.73. The van der Waals surface area contributed by atoms with E-state index in [1.54, 1.807) is 24.3 Å². The van der Waals surface area contributed by atoms with Crippen molar-refractivity contribution < 1.29 is 19.8 Å². The monoisotopic (exact) mass is 348 g/mol. The number of nitrogens with zero attached hydrogens (tertiary/aromatic N) is 1. The van der Waals surface area contributed by atoms with Gasteiger partial charge in [0.05, 0.1) is 6.61 Å². The van der Waals surface area contributed by atoms with Crippen LogP contribution in [0.25, 0.3) is 0 Å². The molecule has 1 amide bonds. The molecule has 1 aromatic rings. The normalized spacial score (nSPS) is 20.6. The van der Waals surface area contributed by atoms with E-state index in [0.717, 1.165) is 19.3 Å². The number of carbonyl (C=O) groups is 2. The van der Waals surface area contributed by atoms with Crippen LogP contribution in [0, 0.1) is 11.3 Å². The number of carboxylic acids is 1. The zero-order valence-electron chi connectivity index (χ0n) is 15.0. The number of anilines is 1. The van der Waals surface area contributed by atoms with E-state index in [9.17, 15) is 14.7 Å². The minimum absolute atomic E-state index is 0.0692. The van der Waals surface area contributed by atoms with Gasteiger partial charge in [0.25, 0.3) is 5.91 Å². The van der Waals surface area contributed by atoms with Crippen molar-refractivity contribution >= 4 is 17.6 Å². The van der Waals surface area contributed by atoms with Crippen LogP contribution >= 0.6 is 0 Å². The summed E-state index contributed by atoms with van der Waals surface area (Å²) in [5.41, 5.74) is 0.927. The van der Waals surface area contributed by atoms with Crippen molar-refractivity contribution in [3.63, 3.8) is 0 Å². The van der Waals surface area contributed by atoms with Gasteiger partial charge in [0.15, 0.2) is 0 Å². The van der Waals surface area contributed by atoms with Gasteiger partial charge in [0, 0.05) is 29.8 Å². The molecule has 138 valence electrons. The number of aliphatic carboxylic acids is 1. The quantitative estimate of drug-likeness (QED) is 0.704. The second-order valence-electron chi connectivity index (χ2n) is 7.41. The Morgan fingerprint density at radius 3 is 2.76 bits per heavy atom. The Balaban J connectivity index is 2.11. The van der Waals surface area contributed by atoms with Crippen molar-refractivity contribution in [2.75, 3.05) is 31.6 Å². The number of piperidine rings is 1. The van der Waals surface area contributed by atoms with Gasteiger partial charge in [0.1, 0.15) is 6.54 Å². The lowest BCUT2D eigenvalue weighted by atomic mass is 9.74. The smallest absolute Gasteiger partial charge is 0.322 e. The predicted octanol–water partition coefficient (Wildman–Crippen LogP) is 2.44. The molecule has 1 aromatic carbocycles. The van der Waals surface area contributed by atoms with Crippen LogP contribution < -0.4 is 5.32 Å². The first-order valence-corrected chi connectivity index (χ1v) is 8.81. The van der Waals surface area contributed by atoms with Crippen LogP contribution in [0.1, 0.15) is 43.5 Å². The van der Waals surface area contributed by atoms with Crippen molar-refractivity contribution in [2.24, 2.45) is 11.3 Å². The molecule has 1 aliphatic heterocycles. The first-order valence-electron chi connectivity index (χ1n) is 8.81. The molecule has 2 rings (SSSR count). The van der Waals surface area contributed by atoms with Gasteiger partial charge in [-0.2, -0.15) is 0 Å². The molecule has 0 bridgehead atoms. The van der Waals surface area contributed by atoms with E-state index in [2.05, 4.69) is 19.2 Å². The molecule has 6 nitrogen and oxygen atoms in total. The third-order valence-electron chi connectivity index (χ3n) is 4.68. The minimum atomic E-state index is -0.950. The average molecular weight is 348 g/mol. The molecule has 1 fully saturated rings. The number of carbonyl (C=O) groups excluding carboxylic acids is 1. The molecule has 3 N–H and O–H groups in total. The highest BCUT2D eigenvalue weighted by Gasteiger charge is 2.37. The zero-order chi connectivity index (χ0) is 18.4. The Hall–Kier alpha value is -2.08. The van der Waals surface area contributed by atoms with Crippen LogP contribution in [0.5, 0.6) is 0 Å². The zero-order valence-corrected chi connectivity index (χ0v) is 15.0. The van der Waals surface area contributed by atoms with Gasteiger partial charge in [-0.25, -0.2) is 0 Å². The molecule has 25 heavy (non-hydrogen) atoms. The molecule has 0 aromatic heterocycles. The fraction of sp³-hybridized carbons (Fsp3) is 0.579. The molecule has 0 saturated carbocycles. The Morgan fingerprint density at radius 2 is 2.12 bits per heavy atom. The average Bonchev–Trinajstić information content (AvgIpc) is 2.59. The van der Waals surface area contributed by atoms with E-state index in [-0.39, 0.29) is 24.5 Å². The number of amides is 1. The highest BCUT2D eigenvalue weighted by atomic mass is 16.4. The largest absolute Gasteiger partial charge is 0.480 e. The fourth-order valence-corrected chi connectivity index (χ4v) is 3.73. The topological polar surface area (TPSA) is 89.9 Å². The minimum Gasteiger partial charge on any atom is -0.480 e. The summed E-state index contributed by atoms with van der Waals surface area (Å²) >= 11 is 0. The second-order valence-corrected chi connectivity index (χ2v) is 7.41. The third kappa shape index (κ3) is 5.19. The van der Waals surface area contributed by atoms with Crippen LogP contribution in [0.2, 0.25) is 0 Å². The molecular weight excluding hydrogens is 320 g/mol. The lowest BCUT2D eigenvalue weighted by Gasteiger charge is -2.43. The van der Waals surface area contributed by atoms with E-state index in [1.807, 2.05) is 4.90 Å². The number of carboxylic acid groups (broad SMARTS) is 1. The van der Waals surface area contributed by atoms with Gasteiger partial charge in [-0.3, -0.25) is 9.59 Å². The summed E-state index contributed by atoms with van der Waals surface area (Å²) in [5.74, 6) is -0.555. The Labute approximate surface area is 148 Å². The number of nitrogens with one attached hydrogen (secondary N) is 1. The van der Waals surface area contributed by atoms with E-state index >= 15 is 0 Å². The molecule has 1 saturated heterocycles. The maximum atomic E-state index is 12.9. The van der Waals surface area contributed by atoms with Crippen molar-refractivity contribution in [1.82, 2.24) is 4.90 Å². The SMILES string of the molecule is CC(C)C[C@@]1(CO)CCCN(C(=O)c2cccc(NCC(=O)O)c2)C1. The van der Waals surface area contributed by atoms with Crippen LogP contribution in [0.4, 0.5) is 5.69 Å². The third-order valence-corrected chi connectivity index (χ3v) is 4.68. The highest BCUT2D eigenvalue weighted by molar-refractivity contribution is 5.95. The summed E-state index contributed by atoms with van der Waals surface area (Å²) < 4.78 is 0. The summed E-state index contributed by atoms with van der Waals surface area (Å²) in [4.78, 5) is 25.4. The number of aliphatic hydroxyl groups excluding tert-OH is 1. The number of aliphatic hydroxyl groups is 1. The predicted molar refractivity (Wildman–Crippen MR) is 96.7 cm³/mol. The van der Waals surface area contributed by atoms with Crippen molar-refractivity contribution in [2.45, 2.75) is 33.1 Å². The van der Waals surface area contributed by atoms with E-state index in [4.69, 9.17) is 5.11 Å². The van der Waals surface area contributed by atoms with Gasteiger partial charge >= 0.3 is 5.97 Å². The molecule has 1 atom stereocenters.